The van der Waals surface area contributed by atoms with Crippen molar-refractivity contribution in [3.8, 4) is 0 Å². The predicted octanol–water partition coefficient (Wildman–Crippen LogP) is 4.29. The topological polar surface area (TPSA) is 52.6 Å². The average Bonchev–Trinajstić information content (AvgIpc) is 2.56. The SMILES string of the molecule is Cc1cc(NC2CCCCC2C(=O)O)ccc1N1CCC(C)CC1. The van der Waals surface area contributed by atoms with Crippen LogP contribution in [0.1, 0.15) is 51.0 Å². The third-order valence-electron chi connectivity index (χ3n) is 5.76. The molecule has 24 heavy (non-hydrogen) atoms. The second kappa shape index (κ2) is 7.45. The van der Waals surface area contributed by atoms with E-state index in [1.165, 1.54) is 24.1 Å². The highest BCUT2D eigenvalue weighted by Gasteiger charge is 2.30. The number of aliphatic carboxylic acids is 1. The van der Waals surface area contributed by atoms with Gasteiger partial charge in [0.05, 0.1) is 5.92 Å². The molecule has 1 aromatic carbocycles. The molecule has 2 N–H and O–H groups in total. The van der Waals surface area contributed by atoms with Gasteiger partial charge in [-0.1, -0.05) is 19.8 Å². The lowest BCUT2D eigenvalue weighted by molar-refractivity contribution is -0.143. The lowest BCUT2D eigenvalue weighted by Gasteiger charge is -2.34. The van der Waals surface area contributed by atoms with Gasteiger partial charge in [-0.3, -0.25) is 4.79 Å². The molecule has 4 nitrogen and oxygen atoms in total. The summed E-state index contributed by atoms with van der Waals surface area (Å²) in [5.74, 6) is -0.0907. The number of carbonyl (C=O) groups is 1. The van der Waals surface area contributed by atoms with Crippen molar-refractivity contribution in [2.75, 3.05) is 23.3 Å². The first kappa shape index (κ1) is 17.1. The maximum Gasteiger partial charge on any atom is 0.308 e. The highest BCUT2D eigenvalue weighted by molar-refractivity contribution is 5.72. The maximum atomic E-state index is 11.5. The molecule has 1 aromatic rings. The molecule has 132 valence electrons. The molecule has 0 spiro atoms. The van der Waals surface area contributed by atoms with Crippen LogP contribution in [0.2, 0.25) is 0 Å². The molecule has 2 aliphatic rings. The van der Waals surface area contributed by atoms with E-state index in [1.807, 2.05) is 0 Å². The number of aryl methyl sites for hydroxylation is 1. The van der Waals surface area contributed by atoms with Crippen molar-refractivity contribution in [1.29, 1.82) is 0 Å². The van der Waals surface area contributed by atoms with Gasteiger partial charge in [0.2, 0.25) is 0 Å². The van der Waals surface area contributed by atoms with Crippen LogP contribution in [0.25, 0.3) is 0 Å². The first-order valence-corrected chi connectivity index (χ1v) is 9.39. The summed E-state index contributed by atoms with van der Waals surface area (Å²) in [6.07, 6.45) is 6.41. The summed E-state index contributed by atoms with van der Waals surface area (Å²) in [5.41, 5.74) is 3.66. The number of carboxylic acid groups (broad SMARTS) is 1. The molecular formula is C20H30N2O2. The Bertz CT molecular complexity index is 579. The predicted molar refractivity (Wildman–Crippen MR) is 98.8 cm³/mol. The molecule has 4 heteroatoms. The summed E-state index contributed by atoms with van der Waals surface area (Å²) in [6.45, 7) is 6.77. The second-order valence-electron chi connectivity index (χ2n) is 7.65. The van der Waals surface area contributed by atoms with Crippen LogP contribution in [-0.2, 0) is 4.79 Å². The van der Waals surface area contributed by atoms with Crippen molar-refractivity contribution in [3.05, 3.63) is 23.8 Å². The van der Waals surface area contributed by atoms with Crippen LogP contribution >= 0.6 is 0 Å². The van der Waals surface area contributed by atoms with Gasteiger partial charge in [-0.25, -0.2) is 0 Å². The molecule has 3 rings (SSSR count). The molecule has 1 aliphatic heterocycles. The molecule has 2 unspecified atom stereocenters. The first-order valence-electron chi connectivity index (χ1n) is 9.39. The molecule has 2 fully saturated rings. The largest absolute Gasteiger partial charge is 0.481 e. The van der Waals surface area contributed by atoms with Crippen LogP contribution in [0.15, 0.2) is 18.2 Å². The average molecular weight is 330 g/mol. The number of benzene rings is 1. The second-order valence-corrected chi connectivity index (χ2v) is 7.65. The number of hydrogen-bond acceptors (Lipinski definition) is 3. The van der Waals surface area contributed by atoms with Crippen molar-refractivity contribution < 1.29 is 9.90 Å². The van der Waals surface area contributed by atoms with E-state index in [1.54, 1.807) is 0 Å². The fraction of sp³-hybridized carbons (Fsp3) is 0.650. The zero-order chi connectivity index (χ0) is 17.1. The van der Waals surface area contributed by atoms with Crippen LogP contribution in [0.5, 0.6) is 0 Å². The third kappa shape index (κ3) is 3.85. The Labute approximate surface area is 145 Å². The lowest BCUT2D eigenvalue weighted by Crippen LogP contribution is -2.37. The van der Waals surface area contributed by atoms with E-state index in [0.717, 1.165) is 50.4 Å². The van der Waals surface area contributed by atoms with E-state index in [0.29, 0.717) is 0 Å². The molecule has 1 aliphatic carbocycles. The van der Waals surface area contributed by atoms with Gasteiger partial charge in [-0.05, 0) is 62.3 Å². The summed E-state index contributed by atoms with van der Waals surface area (Å²) in [7, 11) is 0. The highest BCUT2D eigenvalue weighted by Crippen LogP contribution is 2.31. The molecule has 0 radical (unpaired) electrons. The monoisotopic (exact) mass is 330 g/mol. The van der Waals surface area contributed by atoms with Gasteiger partial charge in [0.1, 0.15) is 0 Å². The Kier molecular flexibility index (Phi) is 5.32. The zero-order valence-electron chi connectivity index (χ0n) is 14.9. The Morgan fingerprint density at radius 1 is 1.17 bits per heavy atom. The highest BCUT2D eigenvalue weighted by atomic mass is 16.4. The van der Waals surface area contributed by atoms with Gasteiger partial charge in [0.25, 0.3) is 0 Å². The minimum Gasteiger partial charge on any atom is -0.481 e. The standard InChI is InChI=1S/C20H30N2O2/c1-14-9-11-22(12-10-14)19-8-7-16(13-15(19)2)21-18-6-4-3-5-17(18)20(23)24/h7-8,13-14,17-18,21H,3-6,9-12H2,1-2H3,(H,23,24). The molecule has 2 atom stereocenters. The van der Waals surface area contributed by atoms with Gasteiger partial charge >= 0.3 is 5.97 Å². The molecule has 0 aromatic heterocycles. The minimum absolute atomic E-state index is 0.0531. The maximum absolute atomic E-state index is 11.5. The molecule has 1 saturated heterocycles. The Morgan fingerprint density at radius 3 is 2.54 bits per heavy atom. The van der Waals surface area contributed by atoms with Crippen molar-refractivity contribution in [1.82, 2.24) is 0 Å². The van der Waals surface area contributed by atoms with Crippen LogP contribution in [0.4, 0.5) is 11.4 Å². The fourth-order valence-electron chi connectivity index (χ4n) is 4.16. The van der Waals surface area contributed by atoms with Gasteiger partial charge in [0.15, 0.2) is 0 Å². The van der Waals surface area contributed by atoms with Crippen molar-refractivity contribution in [2.24, 2.45) is 11.8 Å². The van der Waals surface area contributed by atoms with Crippen LogP contribution in [0, 0.1) is 18.8 Å². The smallest absolute Gasteiger partial charge is 0.308 e. The van der Waals surface area contributed by atoms with Gasteiger partial charge in [-0.2, -0.15) is 0 Å². The number of anilines is 2. The molecule has 1 saturated carbocycles. The van der Waals surface area contributed by atoms with Gasteiger partial charge in [0, 0.05) is 30.5 Å². The Morgan fingerprint density at radius 2 is 1.88 bits per heavy atom. The van der Waals surface area contributed by atoms with Crippen molar-refractivity contribution in [3.63, 3.8) is 0 Å². The van der Waals surface area contributed by atoms with E-state index >= 15 is 0 Å². The number of nitrogens with zero attached hydrogens (tertiary/aromatic N) is 1. The van der Waals surface area contributed by atoms with Crippen LogP contribution in [-0.4, -0.2) is 30.2 Å². The number of hydrogen-bond donors (Lipinski definition) is 2. The molecule has 1 heterocycles. The lowest BCUT2D eigenvalue weighted by atomic mass is 9.84. The van der Waals surface area contributed by atoms with E-state index in [4.69, 9.17) is 0 Å². The van der Waals surface area contributed by atoms with E-state index in [2.05, 4.69) is 42.3 Å². The first-order chi connectivity index (χ1) is 11.5. The number of nitrogens with one attached hydrogen (secondary N) is 1. The summed E-state index contributed by atoms with van der Waals surface area (Å²) in [5, 5.41) is 12.9. The normalized spacial score (nSPS) is 25.5. The van der Waals surface area contributed by atoms with E-state index < -0.39 is 5.97 Å². The number of rotatable bonds is 4. The molecule has 0 bridgehead atoms. The van der Waals surface area contributed by atoms with Crippen LogP contribution < -0.4 is 10.2 Å². The van der Waals surface area contributed by atoms with Crippen molar-refractivity contribution in [2.45, 2.75) is 58.4 Å². The summed E-state index contributed by atoms with van der Waals surface area (Å²) in [6, 6.07) is 6.55. The number of piperidine rings is 1. The fourth-order valence-corrected chi connectivity index (χ4v) is 4.16. The molecule has 0 amide bonds. The summed E-state index contributed by atoms with van der Waals surface area (Å²) < 4.78 is 0. The van der Waals surface area contributed by atoms with Gasteiger partial charge in [-0.15, -0.1) is 0 Å². The van der Waals surface area contributed by atoms with E-state index in [9.17, 15) is 9.90 Å². The van der Waals surface area contributed by atoms with Crippen LogP contribution in [0.3, 0.4) is 0 Å². The van der Waals surface area contributed by atoms with E-state index in [-0.39, 0.29) is 12.0 Å². The number of carboxylic acids is 1. The Hall–Kier alpha value is -1.71. The summed E-state index contributed by atoms with van der Waals surface area (Å²) >= 11 is 0. The zero-order valence-corrected chi connectivity index (χ0v) is 14.9. The van der Waals surface area contributed by atoms with Crippen molar-refractivity contribution >= 4 is 17.3 Å². The summed E-state index contributed by atoms with van der Waals surface area (Å²) in [4.78, 5) is 13.9. The minimum atomic E-state index is -0.664. The Balaban J connectivity index is 1.69. The molecular weight excluding hydrogens is 300 g/mol. The quantitative estimate of drug-likeness (QED) is 0.865. The van der Waals surface area contributed by atoms with Gasteiger partial charge < -0.3 is 15.3 Å². The third-order valence-corrected chi connectivity index (χ3v) is 5.76.